The number of thioether (sulfide) groups is 1. The second-order valence-corrected chi connectivity index (χ2v) is 7.23. The SMILES string of the molecule is COc1ccc2c(c1OC)C(=O)N1[C@@H]2SC[C@H]1C(=O)N1CCOCC1. The van der Waals surface area contributed by atoms with Crippen LogP contribution in [-0.2, 0) is 9.53 Å². The standard InChI is InChI=1S/C17H20N2O5S/c1-22-12-4-3-10-13(14(12)23-2)16(21)19-11(9-25-17(10)19)15(20)18-5-7-24-8-6-18/h3-4,11,17H,5-9H2,1-2H3/t11-,17+/m0/s1. The number of hydrogen-bond donors (Lipinski definition) is 0. The summed E-state index contributed by atoms with van der Waals surface area (Å²) in [4.78, 5) is 29.5. The first-order valence-corrected chi connectivity index (χ1v) is 9.28. The first-order valence-electron chi connectivity index (χ1n) is 8.23. The van der Waals surface area contributed by atoms with Crippen LogP contribution in [0.15, 0.2) is 12.1 Å². The van der Waals surface area contributed by atoms with E-state index in [-0.39, 0.29) is 17.2 Å². The molecule has 0 radical (unpaired) electrons. The zero-order valence-corrected chi connectivity index (χ0v) is 15.0. The Bertz CT molecular complexity index is 719. The predicted octanol–water partition coefficient (Wildman–Crippen LogP) is 1.13. The highest BCUT2D eigenvalue weighted by atomic mass is 32.2. The monoisotopic (exact) mass is 364 g/mol. The van der Waals surface area contributed by atoms with E-state index >= 15 is 0 Å². The zero-order valence-electron chi connectivity index (χ0n) is 14.2. The first-order chi connectivity index (χ1) is 12.2. The number of benzene rings is 1. The molecule has 2 atom stereocenters. The van der Waals surface area contributed by atoms with Crippen molar-refractivity contribution in [3.05, 3.63) is 23.3 Å². The van der Waals surface area contributed by atoms with Gasteiger partial charge in [0.15, 0.2) is 11.5 Å². The normalized spacial score (nSPS) is 25.0. The highest BCUT2D eigenvalue weighted by Gasteiger charge is 2.51. The number of fused-ring (bicyclic) bond motifs is 3. The van der Waals surface area contributed by atoms with Crippen molar-refractivity contribution in [2.75, 3.05) is 46.3 Å². The number of carbonyl (C=O) groups is 2. The first kappa shape index (κ1) is 16.5. The quantitative estimate of drug-likeness (QED) is 0.801. The Morgan fingerprint density at radius 1 is 1.24 bits per heavy atom. The van der Waals surface area contributed by atoms with Gasteiger partial charge in [0.25, 0.3) is 5.91 Å². The summed E-state index contributed by atoms with van der Waals surface area (Å²) in [6.45, 7) is 2.26. The van der Waals surface area contributed by atoms with Crippen molar-refractivity contribution in [3.63, 3.8) is 0 Å². The van der Waals surface area contributed by atoms with Crippen LogP contribution in [0, 0.1) is 0 Å². The third-order valence-corrected chi connectivity index (χ3v) is 6.21. The summed E-state index contributed by atoms with van der Waals surface area (Å²) in [6.07, 6.45) is 0. The van der Waals surface area contributed by atoms with Gasteiger partial charge in [0, 0.05) is 24.4 Å². The van der Waals surface area contributed by atoms with Gasteiger partial charge in [-0.05, 0) is 6.07 Å². The van der Waals surface area contributed by atoms with E-state index in [1.54, 1.807) is 28.7 Å². The maximum atomic E-state index is 13.1. The molecule has 2 amide bonds. The molecule has 3 aliphatic rings. The van der Waals surface area contributed by atoms with E-state index in [1.807, 2.05) is 12.1 Å². The van der Waals surface area contributed by atoms with Crippen LogP contribution in [0.1, 0.15) is 21.3 Å². The van der Waals surface area contributed by atoms with Gasteiger partial charge in [-0.3, -0.25) is 9.59 Å². The minimum atomic E-state index is -0.441. The van der Waals surface area contributed by atoms with Crippen LogP contribution in [0.25, 0.3) is 0 Å². The molecule has 0 bridgehead atoms. The van der Waals surface area contributed by atoms with E-state index in [4.69, 9.17) is 14.2 Å². The highest BCUT2D eigenvalue weighted by molar-refractivity contribution is 7.99. The largest absolute Gasteiger partial charge is 0.493 e. The maximum absolute atomic E-state index is 13.1. The van der Waals surface area contributed by atoms with Gasteiger partial charge in [-0.2, -0.15) is 0 Å². The number of ether oxygens (including phenoxy) is 3. The molecule has 0 N–H and O–H groups in total. The van der Waals surface area contributed by atoms with Crippen LogP contribution in [-0.4, -0.2) is 73.9 Å². The van der Waals surface area contributed by atoms with Crippen molar-refractivity contribution < 1.29 is 23.8 Å². The minimum Gasteiger partial charge on any atom is -0.493 e. The summed E-state index contributed by atoms with van der Waals surface area (Å²) in [5.74, 6) is 1.42. The molecule has 0 unspecified atom stereocenters. The van der Waals surface area contributed by atoms with E-state index in [2.05, 4.69) is 0 Å². The van der Waals surface area contributed by atoms with Gasteiger partial charge in [0.05, 0.1) is 33.0 Å². The molecule has 25 heavy (non-hydrogen) atoms. The summed E-state index contributed by atoms with van der Waals surface area (Å²) in [6, 6.07) is 3.27. The summed E-state index contributed by atoms with van der Waals surface area (Å²) >= 11 is 1.62. The Morgan fingerprint density at radius 3 is 2.68 bits per heavy atom. The van der Waals surface area contributed by atoms with Crippen LogP contribution in [0.2, 0.25) is 0 Å². The zero-order chi connectivity index (χ0) is 17.6. The van der Waals surface area contributed by atoms with E-state index < -0.39 is 6.04 Å². The van der Waals surface area contributed by atoms with Crippen molar-refractivity contribution in [2.24, 2.45) is 0 Å². The molecule has 1 aromatic carbocycles. The van der Waals surface area contributed by atoms with E-state index in [1.165, 1.54) is 7.11 Å². The molecule has 0 spiro atoms. The summed E-state index contributed by atoms with van der Waals surface area (Å²) < 4.78 is 16.1. The number of carbonyl (C=O) groups excluding carboxylic acids is 2. The van der Waals surface area contributed by atoms with E-state index in [0.717, 1.165) is 5.56 Å². The minimum absolute atomic E-state index is 0.00499. The smallest absolute Gasteiger partial charge is 0.260 e. The highest BCUT2D eigenvalue weighted by Crippen LogP contribution is 2.52. The molecule has 2 saturated heterocycles. The van der Waals surface area contributed by atoms with Gasteiger partial charge in [-0.25, -0.2) is 0 Å². The van der Waals surface area contributed by atoms with Crippen LogP contribution in [0.4, 0.5) is 0 Å². The molecule has 0 saturated carbocycles. The molecule has 1 aromatic rings. The number of rotatable bonds is 3. The Balaban J connectivity index is 1.66. The Kier molecular flexibility index (Phi) is 4.24. The predicted molar refractivity (Wildman–Crippen MR) is 92.1 cm³/mol. The number of methoxy groups -OCH3 is 2. The number of nitrogens with zero attached hydrogens (tertiary/aromatic N) is 2. The van der Waals surface area contributed by atoms with E-state index in [9.17, 15) is 9.59 Å². The molecular weight excluding hydrogens is 344 g/mol. The second-order valence-electron chi connectivity index (χ2n) is 6.12. The Morgan fingerprint density at radius 2 is 2.00 bits per heavy atom. The van der Waals surface area contributed by atoms with Crippen LogP contribution < -0.4 is 9.47 Å². The third-order valence-electron chi connectivity index (χ3n) is 4.90. The molecule has 134 valence electrons. The number of hydrogen-bond acceptors (Lipinski definition) is 6. The van der Waals surface area contributed by atoms with Gasteiger partial charge >= 0.3 is 0 Å². The van der Waals surface area contributed by atoms with Crippen LogP contribution in [0.3, 0.4) is 0 Å². The average molecular weight is 364 g/mol. The van der Waals surface area contributed by atoms with Crippen molar-refractivity contribution in [3.8, 4) is 11.5 Å². The van der Waals surface area contributed by atoms with Crippen LogP contribution in [0.5, 0.6) is 11.5 Å². The lowest BCUT2D eigenvalue weighted by Gasteiger charge is -2.32. The van der Waals surface area contributed by atoms with Crippen molar-refractivity contribution in [1.82, 2.24) is 9.80 Å². The summed E-state index contributed by atoms with van der Waals surface area (Å²) in [7, 11) is 3.07. The molecule has 0 aromatic heterocycles. The fourth-order valence-electron chi connectivity index (χ4n) is 3.68. The Labute approximate surface area is 150 Å². The second kappa shape index (κ2) is 6.42. The molecule has 8 heteroatoms. The van der Waals surface area contributed by atoms with Crippen LogP contribution >= 0.6 is 11.8 Å². The lowest BCUT2D eigenvalue weighted by molar-refractivity contribution is -0.139. The lowest BCUT2D eigenvalue weighted by atomic mass is 10.1. The molecule has 3 aliphatic heterocycles. The van der Waals surface area contributed by atoms with Gasteiger partial charge in [-0.1, -0.05) is 6.07 Å². The van der Waals surface area contributed by atoms with Gasteiger partial charge < -0.3 is 24.0 Å². The van der Waals surface area contributed by atoms with Gasteiger partial charge in [0.1, 0.15) is 11.4 Å². The molecule has 4 rings (SSSR count). The average Bonchev–Trinajstić information content (AvgIpc) is 3.21. The van der Waals surface area contributed by atoms with Gasteiger partial charge in [0.2, 0.25) is 5.91 Å². The number of amides is 2. The summed E-state index contributed by atoms with van der Waals surface area (Å²) in [5, 5.41) is -0.141. The molecule has 3 heterocycles. The molecule has 7 nitrogen and oxygen atoms in total. The fourth-order valence-corrected chi connectivity index (χ4v) is 5.12. The van der Waals surface area contributed by atoms with Crippen molar-refractivity contribution >= 4 is 23.6 Å². The lowest BCUT2D eigenvalue weighted by Crippen LogP contribution is -2.51. The van der Waals surface area contributed by atoms with Gasteiger partial charge in [-0.15, -0.1) is 11.8 Å². The molecule has 2 fully saturated rings. The van der Waals surface area contributed by atoms with E-state index in [0.29, 0.717) is 49.1 Å². The fraction of sp³-hybridized carbons (Fsp3) is 0.529. The summed E-state index contributed by atoms with van der Waals surface area (Å²) in [5.41, 5.74) is 1.41. The topological polar surface area (TPSA) is 68.3 Å². The Hall–Kier alpha value is -1.93. The maximum Gasteiger partial charge on any atom is 0.260 e. The number of morpholine rings is 1. The molecule has 0 aliphatic carbocycles. The van der Waals surface area contributed by atoms with Crippen molar-refractivity contribution in [2.45, 2.75) is 11.4 Å². The third kappa shape index (κ3) is 2.46. The van der Waals surface area contributed by atoms with Crippen molar-refractivity contribution in [1.29, 1.82) is 0 Å². The molecular formula is C17H20N2O5S.